The number of amides is 1. The van der Waals surface area contributed by atoms with Crippen LogP contribution in [-0.4, -0.2) is 25.0 Å². The van der Waals surface area contributed by atoms with E-state index in [1.54, 1.807) is 0 Å². The molecule has 132 valence electrons. The highest BCUT2D eigenvalue weighted by atomic mass is 32.2. The predicted octanol–water partition coefficient (Wildman–Crippen LogP) is 3.67. The van der Waals surface area contributed by atoms with Crippen LogP contribution in [0.25, 0.3) is 0 Å². The number of hydrogen-bond donors (Lipinski definition) is 2. The van der Waals surface area contributed by atoms with E-state index in [1.807, 2.05) is 30.3 Å². The van der Waals surface area contributed by atoms with Gasteiger partial charge in [0, 0.05) is 23.5 Å². The topological polar surface area (TPSA) is 41.1 Å². The van der Waals surface area contributed by atoms with E-state index in [9.17, 15) is 13.6 Å². The largest absolute Gasteiger partial charge is 0.353 e. The number of carbonyl (C=O) groups is 1. The second-order valence-corrected chi connectivity index (χ2v) is 7.17. The number of thioether (sulfide) groups is 1. The third kappa shape index (κ3) is 4.80. The maximum atomic E-state index is 14.0. The molecule has 2 unspecified atom stereocenters. The average Bonchev–Trinajstić information content (AvgIpc) is 3.13. The maximum Gasteiger partial charge on any atom is 0.238 e. The molecule has 0 bridgehead atoms. The standard InChI is InChI=1S/C19H20F2N2OS/c20-14-8-9-17(16(21)11-14)25-18(13-5-2-1-3-6-13)19(24)23-12-15-7-4-10-22-15/h1-3,5-6,8-9,11,15,18,22H,4,7,10,12H2,(H,23,24). The van der Waals surface area contributed by atoms with E-state index in [0.29, 0.717) is 6.54 Å². The number of halogens is 2. The molecule has 3 rings (SSSR count). The van der Waals surface area contributed by atoms with Crippen LogP contribution in [0.2, 0.25) is 0 Å². The molecule has 0 saturated carbocycles. The van der Waals surface area contributed by atoms with E-state index in [2.05, 4.69) is 10.6 Å². The Morgan fingerprint density at radius 2 is 2.04 bits per heavy atom. The van der Waals surface area contributed by atoms with Gasteiger partial charge in [0.15, 0.2) is 0 Å². The van der Waals surface area contributed by atoms with Gasteiger partial charge in [0.1, 0.15) is 16.9 Å². The highest BCUT2D eigenvalue weighted by Gasteiger charge is 2.24. The zero-order chi connectivity index (χ0) is 17.6. The normalized spacial score (nSPS) is 18.1. The van der Waals surface area contributed by atoms with Crippen LogP contribution < -0.4 is 10.6 Å². The van der Waals surface area contributed by atoms with Crippen molar-refractivity contribution in [1.29, 1.82) is 0 Å². The highest BCUT2D eigenvalue weighted by Crippen LogP contribution is 2.37. The fourth-order valence-electron chi connectivity index (χ4n) is 2.85. The molecule has 1 aliphatic heterocycles. The molecular formula is C19H20F2N2OS. The van der Waals surface area contributed by atoms with Gasteiger partial charge in [0.25, 0.3) is 0 Å². The molecule has 1 aliphatic rings. The second kappa shape index (κ2) is 8.45. The number of hydrogen-bond acceptors (Lipinski definition) is 3. The smallest absolute Gasteiger partial charge is 0.238 e. The summed E-state index contributed by atoms with van der Waals surface area (Å²) in [6, 6.07) is 12.9. The van der Waals surface area contributed by atoms with Crippen molar-refractivity contribution in [3.8, 4) is 0 Å². The first-order valence-corrected chi connectivity index (χ1v) is 9.19. The Balaban J connectivity index is 1.76. The van der Waals surface area contributed by atoms with E-state index in [-0.39, 0.29) is 16.8 Å². The number of benzene rings is 2. The lowest BCUT2D eigenvalue weighted by atomic mass is 10.1. The molecule has 1 amide bonds. The van der Waals surface area contributed by atoms with Crippen molar-refractivity contribution in [3.05, 3.63) is 65.7 Å². The van der Waals surface area contributed by atoms with Crippen LogP contribution in [0, 0.1) is 11.6 Å². The average molecular weight is 362 g/mol. The molecule has 1 heterocycles. The van der Waals surface area contributed by atoms with E-state index in [0.717, 1.165) is 42.8 Å². The fourth-order valence-corrected chi connectivity index (χ4v) is 3.90. The first-order chi connectivity index (χ1) is 12.1. The van der Waals surface area contributed by atoms with Crippen molar-refractivity contribution in [2.75, 3.05) is 13.1 Å². The first kappa shape index (κ1) is 17.9. The van der Waals surface area contributed by atoms with Crippen molar-refractivity contribution in [2.45, 2.75) is 29.0 Å². The quantitative estimate of drug-likeness (QED) is 0.771. The summed E-state index contributed by atoms with van der Waals surface area (Å²) in [5, 5.41) is 5.69. The zero-order valence-corrected chi connectivity index (χ0v) is 14.5. The predicted molar refractivity (Wildman–Crippen MR) is 95.4 cm³/mol. The maximum absolute atomic E-state index is 14.0. The Morgan fingerprint density at radius 3 is 2.72 bits per heavy atom. The van der Waals surface area contributed by atoms with Crippen LogP contribution in [0.5, 0.6) is 0 Å². The van der Waals surface area contributed by atoms with Crippen LogP contribution in [-0.2, 0) is 4.79 Å². The molecule has 2 N–H and O–H groups in total. The molecular weight excluding hydrogens is 342 g/mol. The summed E-state index contributed by atoms with van der Waals surface area (Å²) >= 11 is 1.09. The minimum Gasteiger partial charge on any atom is -0.353 e. The summed E-state index contributed by atoms with van der Waals surface area (Å²) in [6.07, 6.45) is 2.15. The van der Waals surface area contributed by atoms with Gasteiger partial charge in [-0.05, 0) is 37.1 Å². The molecule has 0 radical (unpaired) electrons. The summed E-state index contributed by atoms with van der Waals surface area (Å²) in [4.78, 5) is 13.0. The minimum absolute atomic E-state index is 0.173. The molecule has 2 aromatic rings. The third-order valence-corrected chi connectivity index (χ3v) is 5.47. The molecule has 2 atom stereocenters. The zero-order valence-electron chi connectivity index (χ0n) is 13.7. The molecule has 0 aromatic heterocycles. The lowest BCUT2D eigenvalue weighted by Gasteiger charge is -2.19. The molecule has 6 heteroatoms. The molecule has 0 spiro atoms. The Hall–Kier alpha value is -1.92. The van der Waals surface area contributed by atoms with Gasteiger partial charge in [-0.15, -0.1) is 11.8 Å². The molecule has 0 aliphatic carbocycles. The molecule has 1 fully saturated rings. The van der Waals surface area contributed by atoms with Crippen LogP contribution in [0.1, 0.15) is 23.7 Å². The lowest BCUT2D eigenvalue weighted by molar-refractivity contribution is -0.120. The summed E-state index contributed by atoms with van der Waals surface area (Å²) in [6.45, 7) is 1.52. The van der Waals surface area contributed by atoms with Crippen LogP contribution >= 0.6 is 11.8 Å². The lowest BCUT2D eigenvalue weighted by Crippen LogP contribution is -2.38. The monoisotopic (exact) mass is 362 g/mol. The van der Waals surface area contributed by atoms with Crippen LogP contribution in [0.4, 0.5) is 8.78 Å². The van der Waals surface area contributed by atoms with Gasteiger partial charge in [-0.25, -0.2) is 8.78 Å². The van der Waals surface area contributed by atoms with Gasteiger partial charge in [-0.2, -0.15) is 0 Å². The van der Waals surface area contributed by atoms with E-state index < -0.39 is 16.9 Å². The van der Waals surface area contributed by atoms with Gasteiger partial charge < -0.3 is 10.6 Å². The van der Waals surface area contributed by atoms with Crippen LogP contribution in [0.3, 0.4) is 0 Å². The minimum atomic E-state index is -0.656. The fraction of sp³-hybridized carbons (Fsp3) is 0.316. The number of carbonyl (C=O) groups excluding carboxylic acids is 1. The molecule has 3 nitrogen and oxygen atoms in total. The SMILES string of the molecule is O=C(NCC1CCCN1)C(Sc1ccc(F)cc1F)c1ccccc1. The Morgan fingerprint density at radius 1 is 1.24 bits per heavy atom. The first-order valence-electron chi connectivity index (χ1n) is 8.31. The van der Waals surface area contributed by atoms with Crippen molar-refractivity contribution >= 4 is 17.7 Å². The second-order valence-electron chi connectivity index (χ2n) is 6.02. The molecule has 2 aromatic carbocycles. The van der Waals surface area contributed by atoms with E-state index >= 15 is 0 Å². The van der Waals surface area contributed by atoms with Crippen molar-refractivity contribution < 1.29 is 13.6 Å². The number of nitrogens with one attached hydrogen (secondary N) is 2. The van der Waals surface area contributed by atoms with Gasteiger partial charge in [0.2, 0.25) is 5.91 Å². The van der Waals surface area contributed by atoms with Gasteiger partial charge in [-0.3, -0.25) is 4.79 Å². The Bertz CT molecular complexity index is 721. The van der Waals surface area contributed by atoms with Crippen molar-refractivity contribution in [1.82, 2.24) is 10.6 Å². The highest BCUT2D eigenvalue weighted by molar-refractivity contribution is 8.00. The molecule has 25 heavy (non-hydrogen) atoms. The van der Waals surface area contributed by atoms with Crippen molar-refractivity contribution in [3.63, 3.8) is 0 Å². The summed E-state index contributed by atoms with van der Waals surface area (Å²) < 4.78 is 27.1. The van der Waals surface area contributed by atoms with Gasteiger partial charge in [0.05, 0.1) is 0 Å². The summed E-state index contributed by atoms with van der Waals surface area (Å²) in [5.41, 5.74) is 0.785. The summed E-state index contributed by atoms with van der Waals surface area (Å²) in [5.74, 6) is -1.46. The van der Waals surface area contributed by atoms with Crippen LogP contribution in [0.15, 0.2) is 53.4 Å². The van der Waals surface area contributed by atoms with E-state index in [1.165, 1.54) is 12.1 Å². The molecule has 1 saturated heterocycles. The van der Waals surface area contributed by atoms with Gasteiger partial charge >= 0.3 is 0 Å². The van der Waals surface area contributed by atoms with E-state index in [4.69, 9.17) is 0 Å². The van der Waals surface area contributed by atoms with Gasteiger partial charge in [-0.1, -0.05) is 30.3 Å². The van der Waals surface area contributed by atoms with Crippen molar-refractivity contribution in [2.24, 2.45) is 0 Å². The number of rotatable bonds is 6. The Labute approximate surface area is 150 Å². The summed E-state index contributed by atoms with van der Waals surface area (Å²) in [7, 11) is 0. The third-order valence-electron chi connectivity index (χ3n) is 4.16. The Kier molecular flexibility index (Phi) is 6.04.